The van der Waals surface area contributed by atoms with Gasteiger partial charge >= 0.3 is 18.1 Å². The van der Waals surface area contributed by atoms with Crippen molar-refractivity contribution in [1.82, 2.24) is 14.9 Å². The van der Waals surface area contributed by atoms with E-state index in [0.29, 0.717) is 25.3 Å². The van der Waals surface area contributed by atoms with E-state index < -0.39 is 11.8 Å². The van der Waals surface area contributed by atoms with Gasteiger partial charge in [-0.2, -0.15) is 0 Å². The minimum absolute atomic E-state index is 0.148. The van der Waals surface area contributed by atoms with Gasteiger partial charge in [-0.05, 0) is 0 Å². The van der Waals surface area contributed by atoms with Gasteiger partial charge in [0, 0.05) is 48.1 Å². The Kier molecular flexibility index (Phi) is 6.96. The van der Waals surface area contributed by atoms with Gasteiger partial charge in [0.05, 0.1) is 13.7 Å². The lowest BCUT2D eigenvalue weighted by atomic mass is 10.0. The third-order valence-corrected chi connectivity index (χ3v) is 4.58. The SMILES string of the molecule is COC(=O)N1CC(COc2ncc(-c3cccc(COC(=O)CC(=N)N)c3F)cn2)C1. The number of carbonyl (C=O) groups excluding carboxylic acids is 2. The summed E-state index contributed by atoms with van der Waals surface area (Å²) in [7, 11) is 1.33. The molecule has 1 aromatic heterocycles. The van der Waals surface area contributed by atoms with Gasteiger partial charge in [-0.3, -0.25) is 10.2 Å². The topological polar surface area (TPSA) is 141 Å². The predicted octanol–water partition coefficient (Wildman–Crippen LogP) is 1.73. The van der Waals surface area contributed by atoms with Gasteiger partial charge in [0.1, 0.15) is 24.7 Å². The fourth-order valence-corrected chi connectivity index (χ4v) is 2.95. The lowest BCUT2D eigenvalue weighted by Crippen LogP contribution is -2.52. The Bertz CT molecular complexity index is 963. The molecule has 11 heteroatoms. The van der Waals surface area contributed by atoms with Crippen molar-refractivity contribution in [2.45, 2.75) is 13.0 Å². The summed E-state index contributed by atoms with van der Waals surface area (Å²) in [6.45, 7) is 1.15. The molecule has 3 rings (SSSR count). The maximum Gasteiger partial charge on any atom is 0.409 e. The number of aromatic nitrogens is 2. The molecule has 2 heterocycles. The molecule has 0 bridgehead atoms. The van der Waals surface area contributed by atoms with Gasteiger partial charge in [-0.25, -0.2) is 19.2 Å². The van der Waals surface area contributed by atoms with Crippen LogP contribution in [0.5, 0.6) is 6.01 Å². The molecule has 0 saturated carbocycles. The zero-order valence-corrected chi connectivity index (χ0v) is 16.8. The highest BCUT2D eigenvalue weighted by Gasteiger charge is 2.31. The number of nitrogens with one attached hydrogen (secondary N) is 1. The molecule has 0 radical (unpaired) electrons. The third kappa shape index (κ3) is 5.65. The summed E-state index contributed by atoms with van der Waals surface area (Å²) in [5, 5.41) is 7.07. The molecule has 2 aromatic rings. The van der Waals surface area contributed by atoms with Crippen molar-refractivity contribution in [1.29, 1.82) is 5.41 Å². The number of amidine groups is 1. The quantitative estimate of drug-likeness (QED) is 0.366. The van der Waals surface area contributed by atoms with E-state index >= 15 is 0 Å². The number of benzene rings is 1. The highest BCUT2D eigenvalue weighted by Crippen LogP contribution is 2.25. The molecule has 0 spiro atoms. The molecule has 164 valence electrons. The van der Waals surface area contributed by atoms with Crippen LogP contribution < -0.4 is 10.5 Å². The molecule has 31 heavy (non-hydrogen) atoms. The molecule has 1 aliphatic rings. The number of nitrogens with two attached hydrogens (primary N) is 1. The van der Waals surface area contributed by atoms with Gasteiger partial charge < -0.3 is 24.8 Å². The molecule has 1 amide bonds. The first-order valence-electron chi connectivity index (χ1n) is 9.41. The zero-order valence-electron chi connectivity index (χ0n) is 16.8. The number of nitrogens with zero attached hydrogens (tertiary/aromatic N) is 3. The number of rotatable bonds is 8. The fraction of sp³-hybridized carbons (Fsp3) is 0.350. The average molecular weight is 431 g/mol. The van der Waals surface area contributed by atoms with E-state index in [2.05, 4.69) is 14.7 Å². The Morgan fingerprint density at radius 1 is 1.29 bits per heavy atom. The van der Waals surface area contributed by atoms with Crippen molar-refractivity contribution in [3.05, 3.63) is 42.0 Å². The zero-order chi connectivity index (χ0) is 22.4. The highest BCUT2D eigenvalue weighted by atomic mass is 19.1. The highest BCUT2D eigenvalue weighted by molar-refractivity contribution is 5.94. The molecule has 1 saturated heterocycles. The number of hydrogen-bond acceptors (Lipinski definition) is 8. The van der Waals surface area contributed by atoms with Gasteiger partial charge in [0.25, 0.3) is 0 Å². The Morgan fingerprint density at radius 3 is 2.65 bits per heavy atom. The Balaban J connectivity index is 1.56. The van der Waals surface area contributed by atoms with Crippen molar-refractivity contribution in [3.63, 3.8) is 0 Å². The van der Waals surface area contributed by atoms with Crippen LogP contribution in [0, 0.1) is 17.1 Å². The van der Waals surface area contributed by atoms with Gasteiger partial charge in [0.2, 0.25) is 0 Å². The lowest BCUT2D eigenvalue weighted by molar-refractivity contribution is -0.143. The number of carbonyl (C=O) groups is 2. The molecule has 0 atom stereocenters. The summed E-state index contributed by atoms with van der Waals surface area (Å²) in [6.07, 6.45) is 2.16. The van der Waals surface area contributed by atoms with Crippen LogP contribution >= 0.6 is 0 Å². The minimum atomic E-state index is -0.705. The van der Waals surface area contributed by atoms with Crippen LogP contribution in [-0.2, 0) is 20.9 Å². The van der Waals surface area contributed by atoms with Gasteiger partial charge in [-0.15, -0.1) is 0 Å². The second-order valence-electron chi connectivity index (χ2n) is 6.95. The van der Waals surface area contributed by atoms with E-state index in [4.69, 9.17) is 20.6 Å². The van der Waals surface area contributed by atoms with Crippen LogP contribution in [-0.4, -0.2) is 59.6 Å². The maximum atomic E-state index is 14.8. The first kappa shape index (κ1) is 21.9. The van der Waals surface area contributed by atoms with Gasteiger partial charge in [0.15, 0.2) is 0 Å². The van der Waals surface area contributed by atoms with Crippen molar-refractivity contribution >= 4 is 17.9 Å². The first-order chi connectivity index (χ1) is 14.9. The molecule has 0 aliphatic carbocycles. The minimum Gasteiger partial charge on any atom is -0.463 e. The van der Waals surface area contributed by atoms with Crippen molar-refractivity contribution < 1.29 is 28.2 Å². The van der Waals surface area contributed by atoms with Crippen molar-refractivity contribution in [2.75, 3.05) is 26.8 Å². The molecule has 3 N–H and O–H groups in total. The second kappa shape index (κ2) is 9.83. The van der Waals surface area contributed by atoms with Crippen LogP contribution in [0.4, 0.5) is 9.18 Å². The van der Waals surface area contributed by atoms with Crippen LogP contribution in [0.1, 0.15) is 12.0 Å². The molecular weight excluding hydrogens is 409 g/mol. The predicted molar refractivity (Wildman–Crippen MR) is 107 cm³/mol. The third-order valence-electron chi connectivity index (χ3n) is 4.58. The average Bonchev–Trinajstić information content (AvgIpc) is 2.71. The molecular formula is C20H22FN5O5. The van der Waals surface area contributed by atoms with Crippen LogP contribution in [0.15, 0.2) is 30.6 Å². The summed E-state index contributed by atoms with van der Waals surface area (Å²) < 4.78 is 29.9. The Hall–Kier alpha value is -3.76. The van der Waals surface area contributed by atoms with E-state index in [1.807, 2.05) is 0 Å². The first-order valence-corrected chi connectivity index (χ1v) is 9.41. The molecule has 1 aliphatic heterocycles. The van der Waals surface area contributed by atoms with E-state index in [1.54, 1.807) is 17.0 Å². The Labute approximate surface area is 177 Å². The number of hydrogen-bond donors (Lipinski definition) is 2. The summed E-state index contributed by atoms with van der Waals surface area (Å²) in [6, 6.07) is 4.83. The van der Waals surface area contributed by atoms with Gasteiger partial charge in [-0.1, -0.05) is 18.2 Å². The number of likely N-dealkylation sites (tertiary alicyclic amines) is 1. The van der Waals surface area contributed by atoms with E-state index in [9.17, 15) is 14.0 Å². The summed E-state index contributed by atoms with van der Waals surface area (Å²) in [5.74, 6) is -1.42. The van der Waals surface area contributed by atoms with Crippen LogP contribution in [0.3, 0.4) is 0 Å². The van der Waals surface area contributed by atoms with Crippen molar-refractivity contribution in [3.8, 4) is 17.1 Å². The normalized spacial score (nSPS) is 13.3. The maximum absolute atomic E-state index is 14.8. The standard InChI is InChI=1S/C20H22FN5O5/c1-29-20(28)26-8-12(9-26)10-31-19-24-6-14(7-25-19)15-4-2-3-13(18(15)21)11-30-17(27)5-16(22)23/h2-4,6-7,12H,5,8-11H2,1H3,(H3,22,23). The van der Waals surface area contributed by atoms with E-state index in [-0.39, 0.29) is 48.0 Å². The largest absolute Gasteiger partial charge is 0.463 e. The smallest absolute Gasteiger partial charge is 0.409 e. The monoisotopic (exact) mass is 431 g/mol. The number of ether oxygens (including phenoxy) is 3. The number of methoxy groups -OCH3 is 1. The Morgan fingerprint density at radius 2 is 2.00 bits per heavy atom. The molecule has 0 unspecified atom stereocenters. The summed E-state index contributed by atoms with van der Waals surface area (Å²) in [4.78, 5) is 32.6. The molecule has 1 fully saturated rings. The van der Waals surface area contributed by atoms with Crippen molar-refractivity contribution in [2.24, 2.45) is 11.7 Å². The summed E-state index contributed by atoms with van der Waals surface area (Å²) in [5.41, 5.74) is 6.00. The molecule has 1 aromatic carbocycles. The number of halogens is 1. The van der Waals surface area contributed by atoms with E-state index in [0.717, 1.165) is 0 Å². The second-order valence-corrected chi connectivity index (χ2v) is 6.95. The lowest BCUT2D eigenvalue weighted by Gasteiger charge is -2.37. The van der Waals surface area contributed by atoms with E-state index in [1.165, 1.54) is 25.6 Å². The van der Waals surface area contributed by atoms with Crippen LogP contribution in [0.25, 0.3) is 11.1 Å². The number of amides is 1. The molecule has 10 nitrogen and oxygen atoms in total. The van der Waals surface area contributed by atoms with Crippen LogP contribution in [0.2, 0.25) is 0 Å². The summed E-state index contributed by atoms with van der Waals surface area (Å²) >= 11 is 0. The number of esters is 1. The fourth-order valence-electron chi connectivity index (χ4n) is 2.95.